The zero-order chi connectivity index (χ0) is 16.2. The summed E-state index contributed by atoms with van der Waals surface area (Å²) in [4.78, 5) is 11.4. The Hall–Kier alpha value is -1.51. The van der Waals surface area contributed by atoms with Crippen LogP contribution in [0.25, 0.3) is 0 Å². The lowest BCUT2D eigenvalue weighted by Gasteiger charge is -2.63. The standard InChI is InChI=1S/C20H26O3/c1-2-5-19-8-13-6-14(9-19)11-20(10-13,12-19)15-3-4-17(21)16(7-15)18(22)23/h3-4,7,13-14,21H,2,5-6,8-12H2,1H3,(H,22,23). The summed E-state index contributed by atoms with van der Waals surface area (Å²) in [7, 11) is 0. The number of benzene rings is 1. The number of hydrogen-bond acceptors (Lipinski definition) is 2. The fraction of sp³-hybridized carbons (Fsp3) is 0.650. The minimum atomic E-state index is -1.03. The van der Waals surface area contributed by atoms with Crippen molar-refractivity contribution in [1.82, 2.24) is 0 Å². The summed E-state index contributed by atoms with van der Waals surface area (Å²) in [6.07, 6.45) is 10.3. The second-order valence-electron chi connectivity index (χ2n) is 8.53. The van der Waals surface area contributed by atoms with Crippen LogP contribution in [0.3, 0.4) is 0 Å². The van der Waals surface area contributed by atoms with Crippen molar-refractivity contribution >= 4 is 5.97 Å². The normalized spacial score (nSPS) is 38.0. The highest BCUT2D eigenvalue weighted by atomic mass is 16.4. The molecule has 0 aliphatic heterocycles. The summed E-state index contributed by atoms with van der Waals surface area (Å²) in [5.74, 6) is 0.473. The van der Waals surface area contributed by atoms with Crippen LogP contribution in [0.15, 0.2) is 18.2 Å². The molecule has 2 unspecified atom stereocenters. The van der Waals surface area contributed by atoms with Crippen molar-refractivity contribution in [3.8, 4) is 5.75 Å². The predicted molar refractivity (Wildman–Crippen MR) is 88.8 cm³/mol. The smallest absolute Gasteiger partial charge is 0.339 e. The second-order valence-corrected chi connectivity index (χ2v) is 8.53. The van der Waals surface area contributed by atoms with Crippen molar-refractivity contribution in [2.75, 3.05) is 0 Å². The van der Waals surface area contributed by atoms with Crippen molar-refractivity contribution in [1.29, 1.82) is 0 Å². The predicted octanol–water partition coefficient (Wildman–Crippen LogP) is 4.73. The van der Waals surface area contributed by atoms with Gasteiger partial charge in [0.15, 0.2) is 0 Å². The number of carboxylic acids is 1. The monoisotopic (exact) mass is 314 g/mol. The number of hydrogen-bond donors (Lipinski definition) is 2. The molecule has 4 fully saturated rings. The third-order valence-electron chi connectivity index (χ3n) is 6.80. The highest BCUT2D eigenvalue weighted by Crippen LogP contribution is 2.67. The number of carbonyl (C=O) groups is 1. The molecule has 4 bridgehead atoms. The van der Waals surface area contributed by atoms with Gasteiger partial charge >= 0.3 is 5.97 Å². The molecule has 3 nitrogen and oxygen atoms in total. The summed E-state index contributed by atoms with van der Waals surface area (Å²) < 4.78 is 0. The zero-order valence-corrected chi connectivity index (χ0v) is 13.8. The van der Waals surface area contributed by atoms with E-state index in [4.69, 9.17) is 0 Å². The van der Waals surface area contributed by atoms with E-state index in [0.717, 1.165) is 17.4 Å². The van der Waals surface area contributed by atoms with E-state index in [2.05, 4.69) is 6.92 Å². The Morgan fingerprint density at radius 2 is 1.91 bits per heavy atom. The van der Waals surface area contributed by atoms with E-state index >= 15 is 0 Å². The van der Waals surface area contributed by atoms with Crippen LogP contribution in [0.4, 0.5) is 0 Å². The Bertz CT molecular complexity index is 634. The average molecular weight is 314 g/mol. The maximum atomic E-state index is 11.4. The van der Waals surface area contributed by atoms with Gasteiger partial charge in [0.1, 0.15) is 11.3 Å². The van der Waals surface area contributed by atoms with Gasteiger partial charge in [0, 0.05) is 0 Å². The molecule has 0 saturated heterocycles. The fourth-order valence-electron chi connectivity index (χ4n) is 6.65. The first-order valence-corrected chi connectivity index (χ1v) is 9.02. The Kier molecular flexibility index (Phi) is 3.26. The zero-order valence-electron chi connectivity index (χ0n) is 13.8. The minimum Gasteiger partial charge on any atom is -0.507 e. The van der Waals surface area contributed by atoms with E-state index in [0.29, 0.717) is 5.41 Å². The van der Waals surface area contributed by atoms with Crippen LogP contribution >= 0.6 is 0 Å². The molecule has 0 amide bonds. The van der Waals surface area contributed by atoms with Crippen LogP contribution in [0.1, 0.15) is 74.2 Å². The van der Waals surface area contributed by atoms with E-state index in [-0.39, 0.29) is 16.7 Å². The molecular weight excluding hydrogens is 288 g/mol. The SMILES string of the molecule is CCCC12CC3CC(C1)CC(c1ccc(O)c(C(=O)O)c1)(C3)C2. The van der Waals surface area contributed by atoms with Crippen LogP contribution < -0.4 is 0 Å². The molecule has 4 aliphatic rings. The summed E-state index contributed by atoms with van der Waals surface area (Å²) in [6, 6.07) is 5.32. The van der Waals surface area contributed by atoms with Gasteiger partial charge in [-0.3, -0.25) is 0 Å². The molecule has 4 saturated carbocycles. The van der Waals surface area contributed by atoms with Crippen molar-refractivity contribution < 1.29 is 15.0 Å². The van der Waals surface area contributed by atoms with Gasteiger partial charge in [-0.1, -0.05) is 19.4 Å². The maximum absolute atomic E-state index is 11.4. The lowest BCUT2D eigenvalue weighted by atomic mass is 9.42. The molecule has 4 aliphatic carbocycles. The molecule has 1 aromatic carbocycles. The Balaban J connectivity index is 1.76. The quantitative estimate of drug-likeness (QED) is 0.844. The summed E-state index contributed by atoms with van der Waals surface area (Å²) in [5.41, 5.74) is 1.85. The summed E-state index contributed by atoms with van der Waals surface area (Å²) in [5, 5.41) is 19.2. The molecule has 0 aromatic heterocycles. The molecule has 2 N–H and O–H groups in total. The van der Waals surface area contributed by atoms with E-state index < -0.39 is 5.97 Å². The van der Waals surface area contributed by atoms with Gasteiger partial charge in [-0.15, -0.1) is 0 Å². The van der Waals surface area contributed by atoms with Crippen LogP contribution in [0.5, 0.6) is 5.75 Å². The highest BCUT2D eigenvalue weighted by Gasteiger charge is 2.57. The summed E-state index contributed by atoms with van der Waals surface area (Å²) in [6.45, 7) is 2.29. The van der Waals surface area contributed by atoms with Gasteiger partial charge in [-0.05, 0) is 85.3 Å². The Morgan fingerprint density at radius 3 is 2.52 bits per heavy atom. The third kappa shape index (κ3) is 2.28. The van der Waals surface area contributed by atoms with Crippen LogP contribution in [-0.4, -0.2) is 16.2 Å². The molecule has 0 heterocycles. The molecule has 2 atom stereocenters. The number of aromatic hydroxyl groups is 1. The lowest BCUT2D eigenvalue weighted by Crippen LogP contribution is -2.54. The van der Waals surface area contributed by atoms with E-state index in [1.54, 1.807) is 12.1 Å². The Morgan fingerprint density at radius 1 is 1.22 bits per heavy atom. The number of carboxylic acid groups (broad SMARTS) is 1. The number of rotatable bonds is 4. The molecular formula is C20H26O3. The third-order valence-corrected chi connectivity index (χ3v) is 6.80. The summed E-state index contributed by atoms with van der Waals surface area (Å²) >= 11 is 0. The molecule has 0 radical (unpaired) electrons. The molecule has 0 spiro atoms. The van der Waals surface area contributed by atoms with Gasteiger partial charge in [0.2, 0.25) is 0 Å². The fourth-order valence-corrected chi connectivity index (χ4v) is 6.65. The van der Waals surface area contributed by atoms with Gasteiger partial charge in [-0.2, -0.15) is 0 Å². The molecule has 1 aromatic rings. The molecule has 3 heteroatoms. The van der Waals surface area contributed by atoms with E-state index in [1.807, 2.05) is 6.07 Å². The topological polar surface area (TPSA) is 57.5 Å². The molecule has 23 heavy (non-hydrogen) atoms. The first-order chi connectivity index (χ1) is 11.0. The molecule has 5 rings (SSSR count). The number of aromatic carboxylic acids is 1. The van der Waals surface area contributed by atoms with Gasteiger partial charge in [0.05, 0.1) is 0 Å². The van der Waals surface area contributed by atoms with Crippen molar-refractivity contribution in [2.45, 2.75) is 63.7 Å². The van der Waals surface area contributed by atoms with Gasteiger partial charge < -0.3 is 10.2 Å². The first kappa shape index (κ1) is 15.0. The van der Waals surface area contributed by atoms with Crippen molar-refractivity contribution in [3.05, 3.63) is 29.3 Å². The lowest BCUT2D eigenvalue weighted by molar-refractivity contribution is -0.0764. The average Bonchev–Trinajstić information content (AvgIpc) is 2.45. The maximum Gasteiger partial charge on any atom is 0.339 e. The van der Waals surface area contributed by atoms with Gasteiger partial charge in [-0.25, -0.2) is 4.79 Å². The van der Waals surface area contributed by atoms with Gasteiger partial charge in [0.25, 0.3) is 0 Å². The molecule has 124 valence electrons. The van der Waals surface area contributed by atoms with Crippen LogP contribution in [-0.2, 0) is 5.41 Å². The first-order valence-electron chi connectivity index (χ1n) is 9.02. The van der Waals surface area contributed by atoms with E-state index in [9.17, 15) is 15.0 Å². The number of phenols is 1. The van der Waals surface area contributed by atoms with Crippen LogP contribution in [0.2, 0.25) is 0 Å². The van der Waals surface area contributed by atoms with Crippen molar-refractivity contribution in [3.63, 3.8) is 0 Å². The largest absolute Gasteiger partial charge is 0.507 e. The van der Waals surface area contributed by atoms with Crippen LogP contribution in [0, 0.1) is 17.3 Å². The van der Waals surface area contributed by atoms with Crippen molar-refractivity contribution in [2.24, 2.45) is 17.3 Å². The Labute approximate surface area is 137 Å². The second kappa shape index (κ2) is 4.99. The highest BCUT2D eigenvalue weighted by molar-refractivity contribution is 5.91. The van der Waals surface area contributed by atoms with E-state index in [1.165, 1.54) is 51.4 Å². The minimum absolute atomic E-state index is 0.0581.